The molecule has 142 valence electrons. The van der Waals surface area contributed by atoms with Gasteiger partial charge in [0, 0.05) is 46.4 Å². The van der Waals surface area contributed by atoms with Crippen molar-refractivity contribution in [2.24, 2.45) is 0 Å². The third kappa shape index (κ3) is 3.91. The van der Waals surface area contributed by atoms with Crippen LogP contribution in [0.1, 0.15) is 37.5 Å². The number of aromatic nitrogens is 3. The Kier molecular flexibility index (Phi) is 4.91. The molecular formula is C23H16FN3O2. The first-order valence-electron chi connectivity index (χ1n) is 9.00. The number of hydrogen-bond acceptors (Lipinski definition) is 5. The molecule has 0 aliphatic heterocycles. The lowest BCUT2D eigenvalue weighted by Gasteiger charge is -2.09. The van der Waals surface area contributed by atoms with Crippen LogP contribution in [0.15, 0.2) is 67.3 Å². The van der Waals surface area contributed by atoms with Crippen LogP contribution in [0.5, 0.6) is 0 Å². The second kappa shape index (κ2) is 7.67. The molecule has 0 saturated carbocycles. The van der Waals surface area contributed by atoms with Crippen LogP contribution in [0, 0.1) is 12.7 Å². The van der Waals surface area contributed by atoms with Crippen LogP contribution in [-0.4, -0.2) is 26.5 Å². The Morgan fingerprint density at radius 2 is 1.83 bits per heavy atom. The summed E-state index contributed by atoms with van der Waals surface area (Å²) in [6.45, 7) is 1.92. The molecule has 1 aromatic carbocycles. The molecular weight excluding hydrogens is 369 g/mol. The van der Waals surface area contributed by atoms with Crippen LogP contribution >= 0.6 is 0 Å². The molecule has 0 saturated heterocycles. The second-order valence-electron chi connectivity index (χ2n) is 6.75. The number of aryl methyl sites for hydroxylation is 1. The van der Waals surface area contributed by atoms with E-state index in [1.807, 2.05) is 13.0 Å². The monoisotopic (exact) mass is 385 g/mol. The molecule has 0 aliphatic rings. The van der Waals surface area contributed by atoms with Crippen molar-refractivity contribution < 1.29 is 14.0 Å². The van der Waals surface area contributed by atoms with Gasteiger partial charge in [0.1, 0.15) is 5.82 Å². The Morgan fingerprint density at radius 1 is 0.966 bits per heavy atom. The van der Waals surface area contributed by atoms with Crippen molar-refractivity contribution in [3.63, 3.8) is 0 Å². The molecule has 4 rings (SSSR count). The Bertz CT molecular complexity index is 1240. The fourth-order valence-electron chi connectivity index (χ4n) is 3.10. The molecule has 0 fully saturated rings. The largest absolute Gasteiger partial charge is 0.294 e. The Labute approximate surface area is 166 Å². The van der Waals surface area contributed by atoms with Gasteiger partial charge < -0.3 is 0 Å². The summed E-state index contributed by atoms with van der Waals surface area (Å²) in [5.41, 5.74) is 2.88. The summed E-state index contributed by atoms with van der Waals surface area (Å²) in [6, 6.07) is 11.5. The first kappa shape index (κ1) is 18.6. The average Bonchev–Trinajstić information content (AvgIpc) is 2.74. The molecule has 0 amide bonds. The number of benzene rings is 1. The number of halogens is 1. The van der Waals surface area contributed by atoms with E-state index in [0.717, 1.165) is 17.8 Å². The van der Waals surface area contributed by atoms with Gasteiger partial charge in [-0.05, 0) is 42.8 Å². The number of hydrogen-bond donors (Lipinski definition) is 0. The standard InChI is InChI=1S/C23H16FN3O2/c1-14-4-5-19(27-11-14)10-21(28)20-9-16(7-15-3-2-6-26-22(15)20)23(29)17-8-18(24)13-25-12-17/h2-9,11-13H,10H2,1H3. The summed E-state index contributed by atoms with van der Waals surface area (Å²) in [5, 5.41) is 0.655. The maximum absolute atomic E-state index is 13.5. The highest BCUT2D eigenvalue weighted by Crippen LogP contribution is 2.23. The van der Waals surface area contributed by atoms with Gasteiger partial charge in [-0.1, -0.05) is 12.1 Å². The van der Waals surface area contributed by atoms with Gasteiger partial charge in [0.05, 0.1) is 18.1 Å². The maximum Gasteiger partial charge on any atom is 0.194 e. The molecule has 0 radical (unpaired) electrons. The SMILES string of the molecule is Cc1ccc(CC(=O)c2cc(C(=O)c3cncc(F)c3)cc3cccnc23)nc1. The molecule has 0 aliphatic carbocycles. The zero-order valence-corrected chi connectivity index (χ0v) is 15.6. The van der Waals surface area contributed by atoms with E-state index >= 15 is 0 Å². The minimum Gasteiger partial charge on any atom is -0.294 e. The highest BCUT2D eigenvalue weighted by Gasteiger charge is 2.18. The second-order valence-corrected chi connectivity index (χ2v) is 6.75. The van der Waals surface area contributed by atoms with Crippen molar-refractivity contribution in [3.8, 4) is 0 Å². The number of ketones is 2. The van der Waals surface area contributed by atoms with E-state index in [2.05, 4.69) is 15.0 Å². The van der Waals surface area contributed by atoms with E-state index in [-0.39, 0.29) is 23.3 Å². The Hall–Kier alpha value is -3.80. The van der Waals surface area contributed by atoms with E-state index in [9.17, 15) is 14.0 Å². The van der Waals surface area contributed by atoms with Crippen molar-refractivity contribution >= 4 is 22.5 Å². The van der Waals surface area contributed by atoms with E-state index in [1.165, 1.54) is 12.3 Å². The molecule has 5 nitrogen and oxygen atoms in total. The minimum absolute atomic E-state index is 0.0884. The van der Waals surface area contributed by atoms with Crippen LogP contribution in [0.3, 0.4) is 0 Å². The number of rotatable bonds is 5. The molecule has 0 spiro atoms. The van der Waals surface area contributed by atoms with Gasteiger partial charge in [-0.15, -0.1) is 0 Å². The topological polar surface area (TPSA) is 72.8 Å². The first-order valence-corrected chi connectivity index (χ1v) is 9.00. The zero-order valence-electron chi connectivity index (χ0n) is 15.6. The van der Waals surface area contributed by atoms with Crippen LogP contribution in [0.2, 0.25) is 0 Å². The summed E-state index contributed by atoms with van der Waals surface area (Å²) in [6.07, 6.45) is 5.73. The number of fused-ring (bicyclic) bond motifs is 1. The molecule has 0 atom stereocenters. The van der Waals surface area contributed by atoms with E-state index in [4.69, 9.17) is 0 Å². The molecule has 0 bridgehead atoms. The third-order valence-electron chi connectivity index (χ3n) is 4.55. The van der Waals surface area contributed by atoms with Crippen LogP contribution in [-0.2, 0) is 6.42 Å². The van der Waals surface area contributed by atoms with Gasteiger partial charge >= 0.3 is 0 Å². The molecule has 3 aromatic heterocycles. The molecule has 4 aromatic rings. The van der Waals surface area contributed by atoms with Crippen molar-refractivity contribution in [1.29, 1.82) is 0 Å². The normalized spacial score (nSPS) is 10.8. The van der Waals surface area contributed by atoms with Gasteiger partial charge in [0.15, 0.2) is 11.6 Å². The molecule has 0 N–H and O–H groups in total. The summed E-state index contributed by atoms with van der Waals surface area (Å²) in [5.74, 6) is -1.21. The van der Waals surface area contributed by atoms with Crippen LogP contribution < -0.4 is 0 Å². The summed E-state index contributed by atoms with van der Waals surface area (Å²) in [4.78, 5) is 38.2. The van der Waals surface area contributed by atoms with Crippen LogP contribution in [0.25, 0.3) is 10.9 Å². The number of pyridine rings is 3. The summed E-state index contributed by atoms with van der Waals surface area (Å²) < 4.78 is 13.5. The average molecular weight is 385 g/mol. The first-order chi connectivity index (χ1) is 14.0. The smallest absolute Gasteiger partial charge is 0.194 e. The van der Waals surface area contributed by atoms with E-state index in [0.29, 0.717) is 22.2 Å². The summed E-state index contributed by atoms with van der Waals surface area (Å²) in [7, 11) is 0. The van der Waals surface area contributed by atoms with Crippen LogP contribution in [0.4, 0.5) is 4.39 Å². The fourth-order valence-corrected chi connectivity index (χ4v) is 3.10. The lowest BCUT2D eigenvalue weighted by molar-refractivity contribution is 0.0993. The lowest BCUT2D eigenvalue weighted by atomic mass is 9.96. The summed E-state index contributed by atoms with van der Waals surface area (Å²) >= 11 is 0. The number of carbonyl (C=O) groups is 2. The lowest BCUT2D eigenvalue weighted by Crippen LogP contribution is -2.10. The molecule has 29 heavy (non-hydrogen) atoms. The van der Waals surface area contributed by atoms with Gasteiger partial charge in [-0.2, -0.15) is 0 Å². The van der Waals surface area contributed by atoms with Crippen molar-refractivity contribution in [2.75, 3.05) is 0 Å². The van der Waals surface area contributed by atoms with Gasteiger partial charge in [-0.3, -0.25) is 24.5 Å². The van der Waals surface area contributed by atoms with E-state index < -0.39 is 11.6 Å². The number of Topliss-reactive ketones (excluding diaryl/α,β-unsaturated/α-hetero) is 1. The number of carbonyl (C=O) groups excluding carboxylic acids is 2. The maximum atomic E-state index is 13.5. The predicted molar refractivity (Wildman–Crippen MR) is 106 cm³/mol. The van der Waals surface area contributed by atoms with Crippen molar-refractivity contribution in [3.05, 3.63) is 101 Å². The van der Waals surface area contributed by atoms with Gasteiger partial charge in [-0.25, -0.2) is 4.39 Å². The zero-order chi connectivity index (χ0) is 20.4. The van der Waals surface area contributed by atoms with E-state index in [1.54, 1.807) is 36.7 Å². The quantitative estimate of drug-likeness (QED) is 0.483. The number of nitrogens with zero attached hydrogens (tertiary/aromatic N) is 3. The molecule has 3 heterocycles. The van der Waals surface area contributed by atoms with Gasteiger partial charge in [0.2, 0.25) is 0 Å². The highest BCUT2D eigenvalue weighted by molar-refractivity contribution is 6.14. The Balaban J connectivity index is 1.77. The fraction of sp³-hybridized carbons (Fsp3) is 0.0870. The van der Waals surface area contributed by atoms with Crippen molar-refractivity contribution in [1.82, 2.24) is 15.0 Å². The Morgan fingerprint density at radius 3 is 2.59 bits per heavy atom. The third-order valence-corrected chi connectivity index (χ3v) is 4.55. The molecule has 0 unspecified atom stereocenters. The molecule has 6 heteroatoms. The minimum atomic E-state index is -0.597. The highest BCUT2D eigenvalue weighted by atomic mass is 19.1. The van der Waals surface area contributed by atoms with Crippen molar-refractivity contribution in [2.45, 2.75) is 13.3 Å². The van der Waals surface area contributed by atoms with Gasteiger partial charge in [0.25, 0.3) is 0 Å². The predicted octanol–water partition coefficient (Wildman–Crippen LogP) is 4.13.